The average Bonchev–Trinajstić information content (AvgIpc) is 2.83. The Hall–Kier alpha value is -3.12. The topological polar surface area (TPSA) is 58.6 Å². The standard InChI is InChI=1S/C27H29BrN2O3/c1-19-9-7-8-12-22(19)17-30(25(27(32)29-3)16-21-10-5-4-6-11-21)26(31)18-33-23-13-14-24(28)20(2)15-23/h4-15,25H,16-18H2,1-3H3,(H,29,32)/t25-/m1/s1. The van der Waals surface area contributed by atoms with Gasteiger partial charge in [-0.15, -0.1) is 0 Å². The van der Waals surface area contributed by atoms with Crippen LogP contribution >= 0.6 is 15.9 Å². The van der Waals surface area contributed by atoms with Gasteiger partial charge in [-0.3, -0.25) is 9.59 Å². The lowest BCUT2D eigenvalue weighted by atomic mass is 10.0. The zero-order chi connectivity index (χ0) is 23.8. The first-order valence-corrected chi connectivity index (χ1v) is 11.7. The van der Waals surface area contributed by atoms with E-state index in [2.05, 4.69) is 21.2 Å². The lowest BCUT2D eigenvalue weighted by Crippen LogP contribution is -2.51. The Morgan fingerprint density at radius 1 is 0.970 bits per heavy atom. The van der Waals surface area contributed by atoms with Crippen LogP contribution in [0.25, 0.3) is 0 Å². The third-order valence-corrected chi connectivity index (χ3v) is 6.50. The smallest absolute Gasteiger partial charge is 0.261 e. The highest BCUT2D eigenvalue weighted by atomic mass is 79.9. The van der Waals surface area contributed by atoms with Crippen molar-refractivity contribution in [2.45, 2.75) is 32.9 Å². The molecular weight excluding hydrogens is 480 g/mol. The Morgan fingerprint density at radius 3 is 2.33 bits per heavy atom. The average molecular weight is 509 g/mol. The molecule has 3 aromatic rings. The first-order chi connectivity index (χ1) is 15.9. The Balaban J connectivity index is 1.88. The second-order valence-corrected chi connectivity index (χ2v) is 8.82. The molecule has 33 heavy (non-hydrogen) atoms. The summed E-state index contributed by atoms with van der Waals surface area (Å²) in [6.45, 7) is 4.13. The van der Waals surface area contributed by atoms with Crippen molar-refractivity contribution < 1.29 is 14.3 Å². The van der Waals surface area contributed by atoms with Gasteiger partial charge in [-0.05, 0) is 54.3 Å². The van der Waals surface area contributed by atoms with Crippen LogP contribution in [-0.2, 0) is 22.6 Å². The number of amides is 2. The third-order valence-electron chi connectivity index (χ3n) is 5.61. The van der Waals surface area contributed by atoms with Gasteiger partial charge in [0, 0.05) is 24.5 Å². The molecule has 1 atom stereocenters. The molecule has 6 heteroatoms. The highest BCUT2D eigenvalue weighted by Crippen LogP contribution is 2.22. The molecule has 0 aliphatic heterocycles. The van der Waals surface area contributed by atoms with E-state index in [1.807, 2.05) is 86.6 Å². The van der Waals surface area contributed by atoms with Gasteiger partial charge < -0.3 is 15.0 Å². The predicted octanol–water partition coefficient (Wildman–Crippen LogP) is 4.83. The number of rotatable bonds is 9. The summed E-state index contributed by atoms with van der Waals surface area (Å²) in [6, 6.07) is 22.5. The highest BCUT2D eigenvalue weighted by Gasteiger charge is 2.30. The first kappa shape index (κ1) is 24.5. The van der Waals surface area contributed by atoms with Gasteiger partial charge >= 0.3 is 0 Å². The van der Waals surface area contributed by atoms with Crippen molar-refractivity contribution in [2.75, 3.05) is 13.7 Å². The number of halogens is 1. The fraction of sp³-hybridized carbons (Fsp3) is 0.259. The van der Waals surface area contributed by atoms with E-state index in [9.17, 15) is 9.59 Å². The number of carbonyl (C=O) groups is 2. The van der Waals surface area contributed by atoms with E-state index in [0.717, 1.165) is 26.7 Å². The normalized spacial score (nSPS) is 11.5. The minimum Gasteiger partial charge on any atom is -0.484 e. The molecule has 1 N–H and O–H groups in total. The lowest BCUT2D eigenvalue weighted by Gasteiger charge is -2.31. The maximum atomic E-state index is 13.4. The van der Waals surface area contributed by atoms with Gasteiger partial charge in [-0.2, -0.15) is 0 Å². The van der Waals surface area contributed by atoms with Gasteiger partial charge in [0.2, 0.25) is 5.91 Å². The van der Waals surface area contributed by atoms with Crippen LogP contribution in [0.15, 0.2) is 77.3 Å². The Labute approximate surface area is 203 Å². The van der Waals surface area contributed by atoms with E-state index in [0.29, 0.717) is 18.7 Å². The van der Waals surface area contributed by atoms with Crippen molar-refractivity contribution in [1.82, 2.24) is 10.2 Å². The second kappa shape index (κ2) is 11.7. The molecule has 0 aliphatic rings. The van der Waals surface area contributed by atoms with Crippen molar-refractivity contribution >= 4 is 27.7 Å². The number of aryl methyl sites for hydroxylation is 2. The highest BCUT2D eigenvalue weighted by molar-refractivity contribution is 9.10. The summed E-state index contributed by atoms with van der Waals surface area (Å²) >= 11 is 3.48. The molecule has 0 aliphatic carbocycles. The summed E-state index contributed by atoms with van der Waals surface area (Å²) in [5, 5.41) is 2.73. The number of likely N-dealkylation sites (N-methyl/N-ethyl adjacent to an activating group) is 1. The summed E-state index contributed by atoms with van der Waals surface area (Å²) in [4.78, 5) is 28.0. The van der Waals surface area contributed by atoms with Crippen LogP contribution in [0.5, 0.6) is 5.75 Å². The molecule has 3 aromatic carbocycles. The second-order valence-electron chi connectivity index (χ2n) is 7.97. The van der Waals surface area contributed by atoms with Crippen molar-refractivity contribution in [3.8, 4) is 5.75 Å². The monoisotopic (exact) mass is 508 g/mol. The maximum absolute atomic E-state index is 13.4. The Bertz CT molecular complexity index is 1100. The van der Waals surface area contributed by atoms with Crippen LogP contribution in [0.2, 0.25) is 0 Å². The molecule has 0 fully saturated rings. The maximum Gasteiger partial charge on any atom is 0.261 e. The van der Waals surface area contributed by atoms with Gasteiger partial charge in [0.05, 0.1) is 0 Å². The first-order valence-electron chi connectivity index (χ1n) is 10.9. The molecule has 5 nitrogen and oxygen atoms in total. The fourth-order valence-corrected chi connectivity index (χ4v) is 3.87. The van der Waals surface area contributed by atoms with Crippen LogP contribution < -0.4 is 10.1 Å². The van der Waals surface area contributed by atoms with E-state index >= 15 is 0 Å². The quantitative estimate of drug-likeness (QED) is 0.450. The number of hydrogen-bond donors (Lipinski definition) is 1. The Morgan fingerprint density at radius 2 is 1.67 bits per heavy atom. The molecular formula is C27H29BrN2O3. The summed E-state index contributed by atoms with van der Waals surface area (Å²) in [5.74, 6) is 0.156. The fourth-order valence-electron chi connectivity index (χ4n) is 3.63. The van der Waals surface area contributed by atoms with Crippen LogP contribution in [-0.4, -0.2) is 36.4 Å². The molecule has 2 amide bonds. The van der Waals surface area contributed by atoms with E-state index in [-0.39, 0.29) is 18.4 Å². The SMILES string of the molecule is CNC(=O)[C@@H](Cc1ccccc1)N(Cc1ccccc1C)C(=O)COc1ccc(Br)c(C)c1. The van der Waals surface area contributed by atoms with Crippen LogP contribution in [0, 0.1) is 13.8 Å². The molecule has 0 bridgehead atoms. The number of carbonyl (C=O) groups excluding carboxylic acids is 2. The minimum absolute atomic E-state index is 0.158. The van der Waals surface area contributed by atoms with Gasteiger partial charge in [-0.1, -0.05) is 70.5 Å². The van der Waals surface area contributed by atoms with E-state index < -0.39 is 6.04 Å². The number of nitrogens with one attached hydrogen (secondary N) is 1. The number of benzene rings is 3. The minimum atomic E-state index is -0.667. The van der Waals surface area contributed by atoms with E-state index in [1.54, 1.807) is 11.9 Å². The van der Waals surface area contributed by atoms with Gasteiger partial charge in [0.25, 0.3) is 5.91 Å². The lowest BCUT2D eigenvalue weighted by molar-refractivity contribution is -0.142. The molecule has 0 saturated heterocycles. The van der Waals surface area contributed by atoms with Crippen molar-refractivity contribution in [3.63, 3.8) is 0 Å². The predicted molar refractivity (Wildman–Crippen MR) is 134 cm³/mol. The molecule has 0 radical (unpaired) electrons. The zero-order valence-electron chi connectivity index (χ0n) is 19.2. The molecule has 0 aromatic heterocycles. The summed E-state index contributed by atoms with van der Waals surface area (Å²) in [5.41, 5.74) is 4.06. The van der Waals surface area contributed by atoms with Gasteiger partial charge in [0.1, 0.15) is 11.8 Å². The summed E-state index contributed by atoms with van der Waals surface area (Å²) in [7, 11) is 1.60. The number of nitrogens with zero attached hydrogens (tertiary/aromatic N) is 1. The van der Waals surface area contributed by atoms with Crippen molar-refractivity contribution in [1.29, 1.82) is 0 Å². The number of ether oxygens (including phenoxy) is 1. The van der Waals surface area contributed by atoms with Crippen molar-refractivity contribution in [3.05, 3.63) is 99.5 Å². The van der Waals surface area contributed by atoms with Crippen LogP contribution in [0.3, 0.4) is 0 Å². The Kier molecular flexibility index (Phi) is 8.66. The van der Waals surface area contributed by atoms with Crippen molar-refractivity contribution in [2.24, 2.45) is 0 Å². The third kappa shape index (κ3) is 6.68. The molecule has 172 valence electrons. The van der Waals surface area contributed by atoms with E-state index in [4.69, 9.17) is 4.74 Å². The zero-order valence-corrected chi connectivity index (χ0v) is 20.8. The van der Waals surface area contributed by atoms with Gasteiger partial charge in [0.15, 0.2) is 6.61 Å². The molecule has 0 heterocycles. The van der Waals surface area contributed by atoms with Crippen LogP contribution in [0.4, 0.5) is 0 Å². The number of hydrogen-bond acceptors (Lipinski definition) is 3. The summed E-state index contributed by atoms with van der Waals surface area (Å²) < 4.78 is 6.80. The van der Waals surface area contributed by atoms with Gasteiger partial charge in [-0.25, -0.2) is 0 Å². The molecule has 0 unspecified atom stereocenters. The molecule has 3 rings (SSSR count). The molecule has 0 spiro atoms. The molecule has 0 saturated carbocycles. The largest absolute Gasteiger partial charge is 0.484 e. The summed E-state index contributed by atoms with van der Waals surface area (Å²) in [6.07, 6.45) is 0.412. The van der Waals surface area contributed by atoms with Crippen LogP contribution in [0.1, 0.15) is 22.3 Å². The van der Waals surface area contributed by atoms with E-state index in [1.165, 1.54) is 0 Å².